The minimum Gasteiger partial charge on any atom is -0.391 e. The van der Waals surface area contributed by atoms with E-state index in [1.807, 2.05) is 20.8 Å². The highest BCUT2D eigenvalue weighted by Gasteiger charge is 2.30. The van der Waals surface area contributed by atoms with Crippen molar-refractivity contribution in [2.24, 2.45) is 11.1 Å². The fraction of sp³-hybridized carbons (Fsp3) is 0.923. The van der Waals surface area contributed by atoms with Crippen LogP contribution in [0.25, 0.3) is 0 Å². The van der Waals surface area contributed by atoms with Gasteiger partial charge in [-0.05, 0) is 18.3 Å². The van der Waals surface area contributed by atoms with Gasteiger partial charge in [0.05, 0.1) is 18.2 Å². The van der Waals surface area contributed by atoms with Gasteiger partial charge in [-0.2, -0.15) is 0 Å². The maximum atomic E-state index is 12.0. The standard InChI is InChI=1S/C13H26N2O2/c1-13(2,3)11(14)12(17)15-9-7-5-4-6-8-10(9)16/h9-11,16H,4-8,14H2,1-3H3,(H,15,17). The quantitative estimate of drug-likeness (QED) is 0.636. The van der Waals surface area contributed by atoms with Crippen molar-refractivity contribution in [3.05, 3.63) is 0 Å². The summed E-state index contributed by atoms with van der Waals surface area (Å²) in [5.41, 5.74) is 5.65. The van der Waals surface area contributed by atoms with Crippen LogP contribution in [-0.2, 0) is 4.79 Å². The van der Waals surface area contributed by atoms with E-state index in [0.29, 0.717) is 0 Å². The van der Waals surface area contributed by atoms with Crippen LogP contribution in [0, 0.1) is 5.41 Å². The smallest absolute Gasteiger partial charge is 0.237 e. The highest BCUT2D eigenvalue weighted by atomic mass is 16.3. The molecule has 0 aromatic heterocycles. The summed E-state index contributed by atoms with van der Waals surface area (Å²) in [6.45, 7) is 5.84. The lowest BCUT2D eigenvalue weighted by atomic mass is 9.86. The fourth-order valence-electron chi connectivity index (χ4n) is 2.12. The molecule has 0 spiro atoms. The molecule has 1 rings (SSSR count). The van der Waals surface area contributed by atoms with Gasteiger partial charge >= 0.3 is 0 Å². The third kappa shape index (κ3) is 4.28. The number of carbonyl (C=O) groups is 1. The first-order valence-corrected chi connectivity index (χ1v) is 6.56. The summed E-state index contributed by atoms with van der Waals surface area (Å²) in [6, 6.07) is -0.656. The number of rotatable bonds is 2. The van der Waals surface area contributed by atoms with E-state index in [9.17, 15) is 9.90 Å². The second-order valence-corrected chi connectivity index (χ2v) is 6.16. The third-order valence-corrected chi connectivity index (χ3v) is 3.52. The average Bonchev–Trinajstić information content (AvgIpc) is 2.42. The number of hydrogen-bond acceptors (Lipinski definition) is 3. The number of aliphatic hydroxyl groups is 1. The summed E-state index contributed by atoms with van der Waals surface area (Å²) >= 11 is 0. The zero-order valence-electron chi connectivity index (χ0n) is 11.2. The number of amides is 1. The number of hydrogen-bond donors (Lipinski definition) is 3. The molecule has 4 heteroatoms. The molecule has 1 saturated carbocycles. The molecular weight excluding hydrogens is 216 g/mol. The summed E-state index contributed by atoms with van der Waals surface area (Å²) in [5, 5.41) is 12.8. The average molecular weight is 242 g/mol. The maximum absolute atomic E-state index is 12.0. The predicted octanol–water partition coefficient (Wildman–Crippen LogP) is 1.17. The van der Waals surface area contributed by atoms with Crippen molar-refractivity contribution < 1.29 is 9.90 Å². The van der Waals surface area contributed by atoms with Gasteiger partial charge in [-0.1, -0.05) is 40.0 Å². The number of aliphatic hydroxyl groups excluding tert-OH is 1. The topological polar surface area (TPSA) is 75.4 Å². The molecule has 0 saturated heterocycles. The largest absolute Gasteiger partial charge is 0.391 e. The molecule has 3 atom stereocenters. The van der Waals surface area contributed by atoms with Crippen molar-refractivity contribution in [3.63, 3.8) is 0 Å². The second kappa shape index (κ2) is 5.83. The number of nitrogens with two attached hydrogens (primary N) is 1. The van der Waals surface area contributed by atoms with Gasteiger partial charge in [-0.3, -0.25) is 4.79 Å². The lowest BCUT2D eigenvalue weighted by molar-refractivity contribution is -0.126. The zero-order chi connectivity index (χ0) is 13.1. The van der Waals surface area contributed by atoms with Gasteiger partial charge in [0, 0.05) is 0 Å². The lowest BCUT2D eigenvalue weighted by Gasteiger charge is -2.29. The minimum absolute atomic E-state index is 0.126. The Bertz CT molecular complexity index is 261. The molecule has 1 amide bonds. The van der Waals surface area contributed by atoms with Crippen LogP contribution in [0.4, 0.5) is 0 Å². The molecule has 0 heterocycles. The molecule has 1 aliphatic carbocycles. The van der Waals surface area contributed by atoms with E-state index in [2.05, 4.69) is 5.32 Å². The monoisotopic (exact) mass is 242 g/mol. The van der Waals surface area contributed by atoms with Crippen LogP contribution in [0.2, 0.25) is 0 Å². The van der Waals surface area contributed by atoms with Crippen LogP contribution in [-0.4, -0.2) is 29.2 Å². The Hall–Kier alpha value is -0.610. The summed E-state index contributed by atoms with van der Waals surface area (Å²) in [4.78, 5) is 12.0. The molecule has 0 aliphatic heterocycles. The van der Waals surface area contributed by atoms with Crippen LogP contribution in [0.3, 0.4) is 0 Å². The van der Waals surface area contributed by atoms with E-state index in [-0.39, 0.29) is 17.4 Å². The summed E-state index contributed by atoms with van der Waals surface area (Å²) in [6.07, 6.45) is 4.44. The fourth-order valence-corrected chi connectivity index (χ4v) is 2.12. The summed E-state index contributed by atoms with van der Waals surface area (Å²) in [5.74, 6) is -0.150. The molecule has 0 radical (unpaired) electrons. The molecule has 3 unspecified atom stereocenters. The highest BCUT2D eigenvalue weighted by molar-refractivity contribution is 5.82. The molecule has 4 N–H and O–H groups in total. The molecule has 0 aromatic carbocycles. The van der Waals surface area contributed by atoms with Crippen LogP contribution >= 0.6 is 0 Å². The van der Waals surface area contributed by atoms with E-state index >= 15 is 0 Å². The lowest BCUT2D eigenvalue weighted by Crippen LogP contribution is -2.53. The molecular formula is C13H26N2O2. The van der Waals surface area contributed by atoms with E-state index < -0.39 is 12.1 Å². The zero-order valence-corrected chi connectivity index (χ0v) is 11.2. The number of carbonyl (C=O) groups excluding carboxylic acids is 1. The van der Waals surface area contributed by atoms with E-state index in [0.717, 1.165) is 32.1 Å². The first-order valence-electron chi connectivity index (χ1n) is 6.56. The van der Waals surface area contributed by atoms with Gasteiger partial charge in [0.2, 0.25) is 5.91 Å². The molecule has 1 aliphatic rings. The Morgan fingerprint density at radius 1 is 1.29 bits per heavy atom. The Morgan fingerprint density at radius 2 is 1.88 bits per heavy atom. The Balaban J connectivity index is 2.54. The van der Waals surface area contributed by atoms with Gasteiger partial charge in [0.15, 0.2) is 0 Å². The highest BCUT2D eigenvalue weighted by Crippen LogP contribution is 2.20. The third-order valence-electron chi connectivity index (χ3n) is 3.52. The van der Waals surface area contributed by atoms with E-state index in [4.69, 9.17) is 5.73 Å². The summed E-state index contributed by atoms with van der Waals surface area (Å²) < 4.78 is 0. The molecule has 4 nitrogen and oxygen atoms in total. The molecule has 100 valence electrons. The van der Waals surface area contributed by atoms with Crippen LogP contribution in [0.5, 0.6) is 0 Å². The van der Waals surface area contributed by atoms with E-state index in [1.54, 1.807) is 0 Å². The SMILES string of the molecule is CC(C)(C)C(N)C(=O)NC1CCCCCC1O. The Labute approximate surface area is 104 Å². The van der Waals surface area contributed by atoms with Gasteiger partial charge in [-0.25, -0.2) is 0 Å². The second-order valence-electron chi connectivity index (χ2n) is 6.16. The van der Waals surface area contributed by atoms with Crippen molar-refractivity contribution in [2.75, 3.05) is 0 Å². The Morgan fingerprint density at radius 3 is 2.47 bits per heavy atom. The maximum Gasteiger partial charge on any atom is 0.237 e. The van der Waals surface area contributed by atoms with Gasteiger partial charge < -0.3 is 16.2 Å². The van der Waals surface area contributed by atoms with Crippen molar-refractivity contribution in [2.45, 2.75) is 71.1 Å². The first-order chi connectivity index (χ1) is 7.82. The number of nitrogens with one attached hydrogen (secondary N) is 1. The van der Waals surface area contributed by atoms with Gasteiger partial charge in [0.1, 0.15) is 0 Å². The van der Waals surface area contributed by atoms with Crippen molar-refractivity contribution >= 4 is 5.91 Å². The van der Waals surface area contributed by atoms with Crippen molar-refractivity contribution in [1.29, 1.82) is 0 Å². The van der Waals surface area contributed by atoms with Gasteiger partial charge in [-0.15, -0.1) is 0 Å². The minimum atomic E-state index is -0.530. The van der Waals surface area contributed by atoms with E-state index in [1.165, 1.54) is 0 Å². The summed E-state index contributed by atoms with van der Waals surface area (Å²) in [7, 11) is 0. The molecule has 0 aromatic rings. The van der Waals surface area contributed by atoms with Crippen LogP contribution in [0.15, 0.2) is 0 Å². The van der Waals surface area contributed by atoms with Crippen molar-refractivity contribution in [1.82, 2.24) is 5.32 Å². The first kappa shape index (κ1) is 14.5. The molecule has 0 bridgehead atoms. The Kier molecular flexibility index (Phi) is 4.95. The van der Waals surface area contributed by atoms with Gasteiger partial charge in [0.25, 0.3) is 0 Å². The van der Waals surface area contributed by atoms with Crippen molar-refractivity contribution in [3.8, 4) is 0 Å². The van der Waals surface area contributed by atoms with Crippen LogP contribution < -0.4 is 11.1 Å². The molecule has 1 fully saturated rings. The predicted molar refractivity (Wildman–Crippen MR) is 68.5 cm³/mol. The molecule has 17 heavy (non-hydrogen) atoms. The normalized spacial score (nSPS) is 28.3. The van der Waals surface area contributed by atoms with Crippen LogP contribution in [0.1, 0.15) is 52.9 Å².